The molecule has 0 radical (unpaired) electrons. The van der Waals surface area contributed by atoms with Crippen molar-refractivity contribution in [2.75, 3.05) is 0 Å². The van der Waals surface area contributed by atoms with E-state index < -0.39 is 17.9 Å². The summed E-state index contributed by atoms with van der Waals surface area (Å²) in [6.45, 7) is 0. The van der Waals surface area contributed by atoms with E-state index in [0.29, 0.717) is 43.7 Å². The Kier molecular flexibility index (Phi) is 7.12. The van der Waals surface area contributed by atoms with E-state index in [1.54, 1.807) is 48.5 Å². The lowest BCUT2D eigenvalue weighted by molar-refractivity contribution is 0.0510. The first-order valence-electron chi connectivity index (χ1n) is 11.3. The zero-order valence-corrected chi connectivity index (χ0v) is 20.7. The third kappa shape index (κ3) is 5.31. The molecule has 1 atom stereocenters. The topological polar surface area (TPSA) is 77.3 Å². The molecular weight excluding hydrogens is 511 g/mol. The average Bonchev–Trinajstić information content (AvgIpc) is 3.25. The number of carbonyl (C=O) groups excluding carboxylic acids is 2. The molecule has 0 saturated heterocycles. The maximum absolute atomic E-state index is 12.7. The molecule has 6 nitrogen and oxygen atoms in total. The van der Waals surface area contributed by atoms with Crippen molar-refractivity contribution in [3.05, 3.63) is 141 Å². The third-order valence-electron chi connectivity index (χ3n) is 5.77. The van der Waals surface area contributed by atoms with Gasteiger partial charge in [0.2, 0.25) is 0 Å². The lowest BCUT2D eigenvalue weighted by atomic mass is 9.93. The van der Waals surface area contributed by atoms with Crippen LogP contribution in [0.5, 0.6) is 0 Å². The molecule has 37 heavy (non-hydrogen) atoms. The van der Waals surface area contributed by atoms with Crippen LogP contribution in [0.25, 0.3) is 0 Å². The third-order valence-corrected chi connectivity index (χ3v) is 6.28. The highest BCUT2D eigenvalue weighted by Gasteiger charge is 2.37. The minimum absolute atomic E-state index is 0.307. The summed E-state index contributed by atoms with van der Waals surface area (Å²) in [6.07, 6.45) is 0. The molecule has 1 unspecified atom stereocenters. The van der Waals surface area contributed by atoms with Gasteiger partial charge in [0, 0.05) is 21.2 Å². The summed E-state index contributed by atoms with van der Waals surface area (Å²) in [6, 6.07) is 29.5. The fourth-order valence-corrected chi connectivity index (χ4v) is 4.25. The molecule has 0 aromatic heterocycles. The van der Waals surface area contributed by atoms with Crippen LogP contribution in [0.15, 0.2) is 113 Å². The number of fused-ring (bicyclic) bond motifs is 1. The van der Waals surface area contributed by atoms with E-state index in [9.17, 15) is 9.59 Å². The molecular formula is C29H18Cl2N2O4. The Morgan fingerprint density at radius 3 is 1.41 bits per heavy atom. The Bertz CT molecular complexity index is 1420. The number of hydrogen-bond acceptors (Lipinski definition) is 6. The van der Waals surface area contributed by atoms with Crippen molar-refractivity contribution >= 4 is 46.6 Å². The minimum Gasteiger partial charge on any atom is -0.312 e. The van der Waals surface area contributed by atoms with Crippen molar-refractivity contribution in [3.8, 4) is 0 Å². The first-order chi connectivity index (χ1) is 18.0. The van der Waals surface area contributed by atoms with E-state index in [1.165, 1.54) is 0 Å². The van der Waals surface area contributed by atoms with Crippen molar-refractivity contribution in [2.24, 2.45) is 10.3 Å². The molecule has 0 saturated carbocycles. The first-order valence-corrected chi connectivity index (χ1v) is 12.0. The highest BCUT2D eigenvalue weighted by Crippen LogP contribution is 2.36. The van der Waals surface area contributed by atoms with Crippen molar-refractivity contribution in [1.82, 2.24) is 0 Å². The van der Waals surface area contributed by atoms with Gasteiger partial charge in [-0.3, -0.25) is 0 Å². The average molecular weight is 529 g/mol. The van der Waals surface area contributed by atoms with Crippen molar-refractivity contribution < 1.29 is 19.3 Å². The number of hydrogen-bond donors (Lipinski definition) is 0. The van der Waals surface area contributed by atoms with E-state index in [1.807, 2.05) is 54.6 Å². The molecule has 0 heterocycles. The second-order valence-electron chi connectivity index (χ2n) is 8.11. The van der Waals surface area contributed by atoms with Crippen molar-refractivity contribution in [3.63, 3.8) is 0 Å². The van der Waals surface area contributed by atoms with Gasteiger partial charge >= 0.3 is 11.9 Å². The predicted molar refractivity (Wildman–Crippen MR) is 142 cm³/mol. The van der Waals surface area contributed by atoms with Gasteiger partial charge < -0.3 is 9.68 Å². The van der Waals surface area contributed by atoms with E-state index in [4.69, 9.17) is 32.9 Å². The van der Waals surface area contributed by atoms with Crippen molar-refractivity contribution in [1.29, 1.82) is 0 Å². The molecule has 0 N–H and O–H groups in total. The van der Waals surface area contributed by atoms with Gasteiger partial charge in [0.05, 0.1) is 17.0 Å². The molecule has 0 fully saturated rings. The van der Waals surface area contributed by atoms with E-state index in [-0.39, 0.29) is 0 Å². The fourth-order valence-electron chi connectivity index (χ4n) is 3.99. The van der Waals surface area contributed by atoms with Crippen LogP contribution in [-0.2, 0) is 9.68 Å². The zero-order chi connectivity index (χ0) is 25.8. The maximum Gasteiger partial charge on any atom is 0.365 e. The molecule has 0 amide bonds. The van der Waals surface area contributed by atoms with Crippen LogP contribution >= 0.6 is 23.2 Å². The smallest absolute Gasteiger partial charge is 0.312 e. The van der Waals surface area contributed by atoms with Gasteiger partial charge in [-0.1, -0.05) is 88.1 Å². The monoisotopic (exact) mass is 528 g/mol. The largest absolute Gasteiger partial charge is 0.365 e. The van der Waals surface area contributed by atoms with Crippen LogP contribution in [0.1, 0.15) is 43.3 Å². The number of rotatable bonds is 5. The summed E-state index contributed by atoms with van der Waals surface area (Å²) < 4.78 is 0. The van der Waals surface area contributed by atoms with Crippen LogP contribution in [-0.4, -0.2) is 23.4 Å². The molecule has 8 heteroatoms. The lowest BCUT2D eigenvalue weighted by Crippen LogP contribution is -2.17. The second kappa shape index (κ2) is 10.8. The minimum atomic E-state index is -0.631. The quantitative estimate of drug-likeness (QED) is 0.208. The summed E-state index contributed by atoms with van der Waals surface area (Å²) in [7, 11) is 0. The summed E-state index contributed by atoms with van der Waals surface area (Å²) in [5.74, 6) is -1.81. The number of oxime groups is 2. The molecule has 1 aliphatic rings. The fraction of sp³-hybridized carbons (Fsp3) is 0.0345. The number of benzene rings is 4. The van der Waals surface area contributed by atoms with Crippen LogP contribution in [0.2, 0.25) is 10.0 Å². The Hall–Kier alpha value is -4.26. The van der Waals surface area contributed by atoms with Crippen LogP contribution < -0.4 is 0 Å². The molecule has 1 aliphatic carbocycles. The zero-order valence-electron chi connectivity index (χ0n) is 19.2. The van der Waals surface area contributed by atoms with E-state index in [2.05, 4.69) is 10.3 Å². The number of carbonyl (C=O) groups is 2. The SMILES string of the molecule is O=C(O/N=C1\c2ccccc2/C(=N/OC(=O)c2ccc(Cl)cc2)C1c1ccccc1)c1ccc(Cl)cc1. The Morgan fingerprint density at radius 2 is 0.973 bits per heavy atom. The van der Waals surface area contributed by atoms with Gasteiger partial charge in [-0.25, -0.2) is 9.59 Å². The number of nitrogens with zero attached hydrogens (tertiary/aromatic N) is 2. The molecule has 0 aliphatic heterocycles. The molecule has 4 aromatic carbocycles. The van der Waals surface area contributed by atoms with Gasteiger partial charge in [-0.2, -0.15) is 0 Å². The van der Waals surface area contributed by atoms with Gasteiger partial charge in [0.25, 0.3) is 0 Å². The molecule has 0 bridgehead atoms. The standard InChI is InChI=1S/C29H18Cl2N2O4/c30-21-14-10-19(11-15-21)28(34)36-32-26-23-8-4-5-9-24(23)27(25(26)18-6-2-1-3-7-18)33-37-29(35)20-12-16-22(31)17-13-20/h1-17,25H/b32-26-,33-27+. The van der Waals surface area contributed by atoms with Gasteiger partial charge in [-0.05, 0) is 54.1 Å². The van der Waals surface area contributed by atoms with Gasteiger partial charge in [-0.15, -0.1) is 0 Å². The van der Waals surface area contributed by atoms with Gasteiger partial charge in [0.1, 0.15) is 11.4 Å². The lowest BCUT2D eigenvalue weighted by Gasteiger charge is -2.13. The highest BCUT2D eigenvalue weighted by molar-refractivity contribution is 6.33. The summed E-state index contributed by atoms with van der Waals surface area (Å²) in [4.78, 5) is 36.0. The predicted octanol–water partition coefficient (Wildman–Crippen LogP) is 6.91. The Labute approximate surface area is 222 Å². The van der Waals surface area contributed by atoms with Crippen LogP contribution in [0.3, 0.4) is 0 Å². The number of halogens is 2. The van der Waals surface area contributed by atoms with E-state index >= 15 is 0 Å². The van der Waals surface area contributed by atoms with Crippen LogP contribution in [0, 0.1) is 0 Å². The van der Waals surface area contributed by atoms with Gasteiger partial charge in [0.15, 0.2) is 0 Å². The second-order valence-corrected chi connectivity index (χ2v) is 8.99. The van der Waals surface area contributed by atoms with Crippen molar-refractivity contribution in [2.45, 2.75) is 5.92 Å². The molecule has 182 valence electrons. The Balaban J connectivity index is 1.52. The normalized spacial score (nSPS) is 16.4. The summed E-state index contributed by atoms with van der Waals surface area (Å²) in [5, 5.41) is 9.54. The molecule has 5 rings (SSSR count). The summed E-state index contributed by atoms with van der Waals surface area (Å²) >= 11 is 11.8. The molecule has 4 aromatic rings. The van der Waals surface area contributed by atoms with Crippen LogP contribution in [0.4, 0.5) is 0 Å². The first kappa shape index (κ1) is 24.4. The molecule has 0 spiro atoms. The Morgan fingerprint density at radius 1 is 0.568 bits per heavy atom. The summed E-state index contributed by atoms with van der Waals surface area (Å²) in [5.41, 5.74) is 3.80. The maximum atomic E-state index is 12.7. The highest BCUT2D eigenvalue weighted by atomic mass is 35.5. The van der Waals surface area contributed by atoms with E-state index in [0.717, 1.165) is 5.56 Å².